The van der Waals surface area contributed by atoms with Gasteiger partial charge in [-0.1, -0.05) is 41.2 Å². The van der Waals surface area contributed by atoms with E-state index in [1.165, 1.54) is 32.7 Å². The van der Waals surface area contributed by atoms with Crippen LogP contribution in [-0.2, 0) is 16.1 Å². The second-order valence-corrected chi connectivity index (χ2v) is 14.5. The molecule has 0 saturated carbocycles. The van der Waals surface area contributed by atoms with Crippen molar-refractivity contribution in [2.24, 2.45) is 0 Å². The van der Waals surface area contributed by atoms with E-state index in [0.29, 0.717) is 60.7 Å². The van der Waals surface area contributed by atoms with Crippen molar-refractivity contribution in [3.63, 3.8) is 0 Å². The summed E-state index contributed by atoms with van der Waals surface area (Å²) in [4.78, 5) is 20.2. The summed E-state index contributed by atoms with van der Waals surface area (Å²) in [5.41, 5.74) is 0. The van der Waals surface area contributed by atoms with Crippen molar-refractivity contribution in [2.45, 2.75) is 63.6 Å². The Bertz CT molecular complexity index is 1880. The largest absolute Gasteiger partial charge is 0.492 e. The average Bonchev–Trinajstić information content (AvgIpc) is 3.75. The van der Waals surface area contributed by atoms with Crippen LogP contribution in [0.3, 0.4) is 0 Å². The quantitative estimate of drug-likeness (QED) is 0.0940. The highest BCUT2D eigenvalue weighted by molar-refractivity contribution is 6.30. The third-order valence-corrected chi connectivity index (χ3v) is 10.2. The van der Waals surface area contributed by atoms with Crippen molar-refractivity contribution in [1.82, 2.24) is 19.9 Å². The zero-order chi connectivity index (χ0) is 39.0. The molecule has 0 bridgehead atoms. The number of piperidine rings is 2. The molecule has 14 heteroatoms. The minimum atomic E-state index is -0.165. The minimum absolute atomic E-state index is 0. The van der Waals surface area contributed by atoms with Gasteiger partial charge in [-0.25, -0.2) is 0 Å². The Hall–Kier alpha value is -4.52. The van der Waals surface area contributed by atoms with E-state index in [9.17, 15) is 4.79 Å². The molecule has 2 atom stereocenters. The molecule has 0 radical (unpaired) electrons. The van der Waals surface area contributed by atoms with Gasteiger partial charge >= 0.3 is 5.97 Å². The number of hydrogen-bond acceptors (Lipinski definition) is 11. The molecule has 7 rings (SSSR count). The Labute approximate surface area is 350 Å². The maximum Gasteiger partial charge on any atom is 0.306 e. The van der Waals surface area contributed by atoms with Gasteiger partial charge in [0.25, 0.3) is 0 Å². The number of likely N-dealkylation sites (tertiary alicyclic amines) is 2. The molecule has 57 heavy (non-hydrogen) atoms. The highest BCUT2D eigenvalue weighted by Gasteiger charge is 2.25. The number of carbonyl (C=O) groups is 1. The second-order valence-electron chi connectivity index (χ2n) is 13.6. The summed E-state index contributed by atoms with van der Waals surface area (Å²) in [6.45, 7) is 4.64. The van der Waals surface area contributed by atoms with Crippen LogP contribution in [0.25, 0.3) is 0 Å². The van der Waals surface area contributed by atoms with Gasteiger partial charge in [0.05, 0.1) is 20.1 Å². The molecular formula is C43H49Cl3N4O7. The van der Waals surface area contributed by atoms with Gasteiger partial charge in [0.15, 0.2) is 6.33 Å². The van der Waals surface area contributed by atoms with Crippen LogP contribution in [0, 0.1) is 0 Å². The lowest BCUT2D eigenvalue weighted by molar-refractivity contribution is -0.141. The fourth-order valence-corrected chi connectivity index (χ4v) is 6.90. The van der Waals surface area contributed by atoms with Crippen molar-refractivity contribution in [3.05, 3.63) is 119 Å². The number of benzene rings is 4. The van der Waals surface area contributed by atoms with E-state index >= 15 is 0 Å². The zero-order valence-corrected chi connectivity index (χ0v) is 34.3. The Morgan fingerprint density at radius 2 is 1.11 bits per heavy atom. The summed E-state index contributed by atoms with van der Waals surface area (Å²) in [6, 6.07) is 30.5. The van der Waals surface area contributed by atoms with E-state index in [1.54, 1.807) is 24.3 Å². The normalized spacial score (nSPS) is 17.0. The molecular weight excluding hydrogens is 791 g/mol. The van der Waals surface area contributed by atoms with Crippen molar-refractivity contribution in [2.75, 3.05) is 40.0 Å². The van der Waals surface area contributed by atoms with E-state index < -0.39 is 0 Å². The zero-order valence-electron chi connectivity index (χ0n) is 32.0. The number of rotatable bonds is 15. The average molecular weight is 840 g/mol. The van der Waals surface area contributed by atoms with Gasteiger partial charge in [-0.15, -0.1) is 12.4 Å². The fourth-order valence-electron chi connectivity index (χ4n) is 6.65. The second kappa shape index (κ2) is 23.0. The Morgan fingerprint density at radius 3 is 1.56 bits per heavy atom. The summed E-state index contributed by atoms with van der Waals surface area (Å²) in [7, 11) is 1.43. The summed E-state index contributed by atoms with van der Waals surface area (Å²) >= 11 is 11.8. The SMILES string of the molecule is COC(=O)CCN1CCCC[C@H]1COc1ccc(Oc2ccc(Cl)cc2)cc1.Cl.Clc1ccc(Oc2ccc(OC[C@@H]3CCCCN3Cc3ncno3)cc2)cc1. The van der Waals surface area contributed by atoms with Crippen LogP contribution >= 0.6 is 35.6 Å². The van der Waals surface area contributed by atoms with E-state index in [4.69, 9.17) is 51.4 Å². The van der Waals surface area contributed by atoms with E-state index in [0.717, 1.165) is 66.8 Å². The summed E-state index contributed by atoms with van der Waals surface area (Å²) in [5, 5.41) is 5.05. The molecule has 11 nitrogen and oxygen atoms in total. The van der Waals surface area contributed by atoms with Gasteiger partial charge in [-0.05, 0) is 136 Å². The molecule has 5 aromatic rings. The molecule has 2 aliphatic heterocycles. The molecule has 0 N–H and O–H groups in total. The fraction of sp³-hybridized carbons (Fsp3) is 0.372. The van der Waals surface area contributed by atoms with Crippen molar-refractivity contribution < 1.29 is 33.0 Å². The van der Waals surface area contributed by atoms with E-state index in [2.05, 4.69) is 19.9 Å². The number of nitrogens with zero attached hydrogens (tertiary/aromatic N) is 4. The summed E-state index contributed by atoms with van der Waals surface area (Å²) in [6.07, 6.45) is 8.79. The van der Waals surface area contributed by atoms with Crippen LogP contribution in [0.5, 0.6) is 34.5 Å². The Kier molecular flexibility index (Phi) is 17.6. The third-order valence-electron chi connectivity index (χ3n) is 9.71. The molecule has 0 spiro atoms. The monoisotopic (exact) mass is 838 g/mol. The maximum atomic E-state index is 11.4. The molecule has 0 aliphatic carbocycles. The predicted molar refractivity (Wildman–Crippen MR) is 222 cm³/mol. The molecule has 0 amide bonds. The molecule has 2 aliphatic rings. The van der Waals surface area contributed by atoms with Crippen LogP contribution in [0.15, 0.2) is 108 Å². The first-order chi connectivity index (χ1) is 27.4. The van der Waals surface area contributed by atoms with Gasteiger partial charge in [-0.3, -0.25) is 14.6 Å². The number of halogens is 3. The molecule has 2 saturated heterocycles. The molecule has 3 heterocycles. The van der Waals surface area contributed by atoms with Gasteiger partial charge < -0.3 is 28.2 Å². The summed E-state index contributed by atoms with van der Waals surface area (Å²) in [5.74, 6) is 5.10. The molecule has 2 fully saturated rings. The number of ether oxygens (including phenoxy) is 5. The molecule has 1 aromatic heterocycles. The van der Waals surface area contributed by atoms with Crippen LogP contribution in [0.2, 0.25) is 10.0 Å². The lowest BCUT2D eigenvalue weighted by Crippen LogP contribution is -2.44. The Balaban J connectivity index is 0.000000214. The van der Waals surface area contributed by atoms with E-state index in [1.807, 2.05) is 72.8 Å². The summed E-state index contributed by atoms with van der Waals surface area (Å²) < 4.78 is 33.5. The van der Waals surface area contributed by atoms with Crippen molar-refractivity contribution in [3.8, 4) is 34.5 Å². The number of carbonyl (C=O) groups excluding carboxylic acids is 1. The third kappa shape index (κ3) is 14.4. The van der Waals surface area contributed by atoms with Crippen LogP contribution in [0.4, 0.5) is 0 Å². The predicted octanol–water partition coefficient (Wildman–Crippen LogP) is 10.3. The first kappa shape index (κ1) is 43.6. The first-order valence-electron chi connectivity index (χ1n) is 19.0. The van der Waals surface area contributed by atoms with Gasteiger partial charge in [0, 0.05) is 28.7 Å². The smallest absolute Gasteiger partial charge is 0.306 e. The Morgan fingerprint density at radius 1 is 0.667 bits per heavy atom. The van der Waals surface area contributed by atoms with Crippen LogP contribution < -0.4 is 18.9 Å². The highest BCUT2D eigenvalue weighted by atomic mass is 35.5. The van der Waals surface area contributed by atoms with E-state index in [-0.39, 0.29) is 18.4 Å². The lowest BCUT2D eigenvalue weighted by atomic mass is 10.0. The molecule has 304 valence electrons. The number of hydrogen-bond donors (Lipinski definition) is 0. The molecule has 0 unspecified atom stereocenters. The van der Waals surface area contributed by atoms with Gasteiger partial charge in [0.1, 0.15) is 47.7 Å². The minimum Gasteiger partial charge on any atom is -0.492 e. The number of esters is 1. The maximum absolute atomic E-state index is 11.4. The van der Waals surface area contributed by atoms with Crippen LogP contribution in [0.1, 0.15) is 50.8 Å². The number of methoxy groups -OCH3 is 1. The van der Waals surface area contributed by atoms with Gasteiger partial charge in [-0.2, -0.15) is 4.98 Å². The molecule has 4 aromatic carbocycles. The van der Waals surface area contributed by atoms with Gasteiger partial charge in [0.2, 0.25) is 5.89 Å². The standard InChI is InChI=1S/C22H26ClNO4.C21H22ClN3O3.ClH/c1-26-22(25)13-15-24-14-3-2-4-18(24)16-27-19-9-11-21(12-10-19)28-20-7-5-17(23)6-8-20;22-16-4-6-19(7-5-16)27-20-10-8-18(9-11-20)26-14-17-3-1-2-12-25(17)13-21-23-15-24-28-21;/h5-12,18H,2-4,13-16H2,1H3;4-11,15,17H,1-3,12-14H2;1H/t18-;17-;/m00./s1. The topological polar surface area (TPSA) is 109 Å². The lowest BCUT2D eigenvalue weighted by Gasteiger charge is -2.35. The van der Waals surface area contributed by atoms with Crippen molar-refractivity contribution >= 4 is 41.6 Å². The first-order valence-corrected chi connectivity index (χ1v) is 19.8. The van der Waals surface area contributed by atoms with Crippen molar-refractivity contribution in [1.29, 1.82) is 0 Å². The number of aromatic nitrogens is 2. The van der Waals surface area contributed by atoms with Crippen LogP contribution in [-0.4, -0.2) is 78.0 Å². The highest BCUT2D eigenvalue weighted by Crippen LogP contribution is 2.28.